The molecule has 1 aromatic carbocycles. The molecule has 8 heteroatoms. The Morgan fingerprint density at radius 3 is 2.18 bits per heavy atom. The molecular formula is C20H27BrN2O5. The summed E-state index contributed by atoms with van der Waals surface area (Å²) in [5.41, 5.74) is 1.34. The molecule has 7 nitrogen and oxygen atoms in total. The summed E-state index contributed by atoms with van der Waals surface area (Å²) in [6.45, 7) is 3.03. The van der Waals surface area contributed by atoms with Gasteiger partial charge in [-0.05, 0) is 56.5 Å². The average molecular weight is 455 g/mol. The number of nitrogens with one attached hydrogen (secondary N) is 1. The predicted octanol–water partition coefficient (Wildman–Crippen LogP) is 2.88. The van der Waals surface area contributed by atoms with E-state index in [2.05, 4.69) is 50.4 Å². The van der Waals surface area contributed by atoms with Crippen molar-refractivity contribution in [3.05, 3.63) is 34.3 Å². The molecule has 1 aromatic rings. The fraction of sp³-hybridized carbons (Fsp3) is 0.550. The number of carbonyl (C=O) groups excluding carboxylic acids is 1. The second kappa shape index (κ2) is 11.2. The van der Waals surface area contributed by atoms with Crippen molar-refractivity contribution in [2.24, 2.45) is 5.92 Å². The number of hydrogen-bond acceptors (Lipinski definition) is 4. The zero-order valence-corrected chi connectivity index (χ0v) is 17.4. The van der Waals surface area contributed by atoms with E-state index in [4.69, 9.17) is 19.8 Å². The van der Waals surface area contributed by atoms with Gasteiger partial charge in [0.05, 0.1) is 0 Å². The SMILES string of the molecule is O=C(NC1CCCC1)C1CCN(Cc2cccc(Br)c2)CC1.O=C(O)C(=O)O. The van der Waals surface area contributed by atoms with Crippen molar-refractivity contribution in [2.75, 3.05) is 13.1 Å². The maximum Gasteiger partial charge on any atom is 0.414 e. The minimum absolute atomic E-state index is 0.222. The number of piperidine rings is 1. The van der Waals surface area contributed by atoms with Gasteiger partial charge in [-0.2, -0.15) is 0 Å². The van der Waals surface area contributed by atoms with Crippen LogP contribution in [0.3, 0.4) is 0 Å². The second-order valence-corrected chi connectivity index (χ2v) is 8.20. The first kappa shape index (κ1) is 22.4. The number of carboxylic acid groups (broad SMARTS) is 2. The normalized spacial score (nSPS) is 18.2. The molecule has 1 aliphatic carbocycles. The molecule has 1 saturated carbocycles. The number of rotatable bonds is 4. The number of aliphatic carboxylic acids is 2. The summed E-state index contributed by atoms with van der Waals surface area (Å²) in [5.74, 6) is -3.13. The molecule has 1 amide bonds. The Morgan fingerprint density at radius 1 is 1.04 bits per heavy atom. The van der Waals surface area contributed by atoms with Gasteiger partial charge in [0.25, 0.3) is 0 Å². The van der Waals surface area contributed by atoms with Crippen molar-refractivity contribution in [1.82, 2.24) is 10.2 Å². The van der Waals surface area contributed by atoms with Crippen LogP contribution in [0, 0.1) is 5.92 Å². The predicted molar refractivity (Wildman–Crippen MR) is 108 cm³/mol. The van der Waals surface area contributed by atoms with Crippen LogP contribution >= 0.6 is 15.9 Å². The third-order valence-electron chi connectivity index (χ3n) is 5.14. The molecule has 154 valence electrons. The second-order valence-electron chi connectivity index (χ2n) is 7.28. The first-order valence-corrected chi connectivity index (χ1v) is 10.4. The molecule has 1 heterocycles. The topological polar surface area (TPSA) is 107 Å². The van der Waals surface area contributed by atoms with E-state index in [0.717, 1.165) is 36.9 Å². The molecule has 3 rings (SSSR count). The molecule has 3 N–H and O–H groups in total. The lowest BCUT2D eigenvalue weighted by Gasteiger charge is -2.31. The highest BCUT2D eigenvalue weighted by Gasteiger charge is 2.27. The third kappa shape index (κ3) is 7.59. The Labute approximate surface area is 173 Å². The highest BCUT2D eigenvalue weighted by Crippen LogP contribution is 2.23. The van der Waals surface area contributed by atoms with Crippen LogP contribution < -0.4 is 5.32 Å². The number of carboxylic acids is 2. The minimum atomic E-state index is -1.82. The molecular weight excluding hydrogens is 428 g/mol. The molecule has 28 heavy (non-hydrogen) atoms. The summed E-state index contributed by atoms with van der Waals surface area (Å²) in [6, 6.07) is 8.94. The minimum Gasteiger partial charge on any atom is -0.473 e. The van der Waals surface area contributed by atoms with Gasteiger partial charge < -0.3 is 15.5 Å². The van der Waals surface area contributed by atoms with E-state index >= 15 is 0 Å². The van der Waals surface area contributed by atoms with Crippen molar-refractivity contribution >= 4 is 33.8 Å². The van der Waals surface area contributed by atoms with Crippen LogP contribution in [0.1, 0.15) is 44.1 Å². The van der Waals surface area contributed by atoms with E-state index in [9.17, 15) is 4.79 Å². The standard InChI is InChI=1S/C18H25BrN2O.C2H2O4/c19-16-5-3-4-14(12-16)13-21-10-8-15(9-11-21)18(22)20-17-6-1-2-7-17;3-1(4)2(5)6/h3-5,12,15,17H,1-2,6-11,13H2,(H,20,22);(H,3,4)(H,5,6). The van der Waals surface area contributed by atoms with E-state index in [-0.39, 0.29) is 5.92 Å². The average Bonchev–Trinajstić information content (AvgIpc) is 3.16. The van der Waals surface area contributed by atoms with Crippen molar-refractivity contribution in [3.8, 4) is 0 Å². The van der Waals surface area contributed by atoms with Gasteiger partial charge in [0.15, 0.2) is 0 Å². The Hall–Kier alpha value is -1.93. The van der Waals surface area contributed by atoms with Crippen LogP contribution in [-0.2, 0) is 20.9 Å². The Balaban J connectivity index is 0.000000409. The van der Waals surface area contributed by atoms with E-state index in [1.807, 2.05) is 0 Å². The number of benzene rings is 1. The zero-order chi connectivity index (χ0) is 20.5. The Morgan fingerprint density at radius 2 is 1.64 bits per heavy atom. The van der Waals surface area contributed by atoms with Crippen LogP contribution in [0.15, 0.2) is 28.7 Å². The lowest BCUT2D eigenvalue weighted by molar-refractivity contribution is -0.159. The number of nitrogens with zero attached hydrogens (tertiary/aromatic N) is 1. The zero-order valence-electron chi connectivity index (χ0n) is 15.8. The largest absolute Gasteiger partial charge is 0.473 e. The molecule has 1 aliphatic heterocycles. The summed E-state index contributed by atoms with van der Waals surface area (Å²) in [6.07, 6.45) is 6.88. The Kier molecular flexibility index (Phi) is 8.92. The van der Waals surface area contributed by atoms with Gasteiger partial charge in [-0.3, -0.25) is 9.69 Å². The first-order valence-electron chi connectivity index (χ1n) is 9.58. The maximum absolute atomic E-state index is 12.3. The lowest BCUT2D eigenvalue weighted by Crippen LogP contribution is -2.42. The Bertz CT molecular complexity index is 671. The van der Waals surface area contributed by atoms with Gasteiger partial charge in [-0.15, -0.1) is 0 Å². The number of amides is 1. The van der Waals surface area contributed by atoms with E-state index in [1.165, 1.54) is 31.2 Å². The van der Waals surface area contributed by atoms with E-state index in [0.29, 0.717) is 11.9 Å². The summed E-state index contributed by atoms with van der Waals surface area (Å²) >= 11 is 3.53. The summed E-state index contributed by atoms with van der Waals surface area (Å²) in [5, 5.41) is 18.0. The van der Waals surface area contributed by atoms with Crippen LogP contribution in [0.4, 0.5) is 0 Å². The van der Waals surface area contributed by atoms with Crippen LogP contribution in [-0.4, -0.2) is 52.1 Å². The van der Waals surface area contributed by atoms with Gasteiger partial charge in [0, 0.05) is 23.0 Å². The fourth-order valence-electron chi connectivity index (χ4n) is 3.64. The molecule has 2 aliphatic rings. The van der Waals surface area contributed by atoms with Crippen LogP contribution in [0.25, 0.3) is 0 Å². The monoisotopic (exact) mass is 454 g/mol. The molecule has 0 unspecified atom stereocenters. The van der Waals surface area contributed by atoms with Crippen LogP contribution in [0.5, 0.6) is 0 Å². The fourth-order valence-corrected chi connectivity index (χ4v) is 4.08. The van der Waals surface area contributed by atoms with Gasteiger partial charge in [0.2, 0.25) is 5.91 Å². The van der Waals surface area contributed by atoms with Gasteiger partial charge in [-0.1, -0.05) is 40.9 Å². The van der Waals surface area contributed by atoms with Gasteiger partial charge >= 0.3 is 11.9 Å². The van der Waals surface area contributed by atoms with Crippen molar-refractivity contribution in [3.63, 3.8) is 0 Å². The molecule has 2 fully saturated rings. The van der Waals surface area contributed by atoms with Crippen molar-refractivity contribution < 1.29 is 24.6 Å². The van der Waals surface area contributed by atoms with Gasteiger partial charge in [0.1, 0.15) is 0 Å². The highest BCUT2D eigenvalue weighted by molar-refractivity contribution is 9.10. The van der Waals surface area contributed by atoms with E-state index in [1.54, 1.807) is 0 Å². The quantitative estimate of drug-likeness (QED) is 0.603. The molecule has 0 bridgehead atoms. The van der Waals surface area contributed by atoms with Crippen molar-refractivity contribution in [2.45, 2.75) is 51.1 Å². The number of carbonyl (C=O) groups is 3. The van der Waals surface area contributed by atoms with Crippen molar-refractivity contribution in [1.29, 1.82) is 0 Å². The highest BCUT2D eigenvalue weighted by atomic mass is 79.9. The van der Waals surface area contributed by atoms with Crippen LogP contribution in [0.2, 0.25) is 0 Å². The molecule has 0 atom stereocenters. The smallest absolute Gasteiger partial charge is 0.414 e. The maximum atomic E-state index is 12.3. The first-order chi connectivity index (χ1) is 13.3. The summed E-state index contributed by atoms with van der Waals surface area (Å²) in [7, 11) is 0. The number of hydrogen-bond donors (Lipinski definition) is 3. The van der Waals surface area contributed by atoms with E-state index < -0.39 is 11.9 Å². The lowest BCUT2D eigenvalue weighted by atomic mass is 9.95. The molecule has 0 aromatic heterocycles. The summed E-state index contributed by atoms with van der Waals surface area (Å²) < 4.78 is 1.14. The molecule has 1 saturated heterocycles. The number of likely N-dealkylation sites (tertiary alicyclic amines) is 1. The number of halogens is 1. The molecule has 0 spiro atoms. The molecule has 0 radical (unpaired) electrons. The third-order valence-corrected chi connectivity index (χ3v) is 5.63. The van der Waals surface area contributed by atoms with Gasteiger partial charge in [-0.25, -0.2) is 9.59 Å². The summed E-state index contributed by atoms with van der Waals surface area (Å²) in [4.78, 5) is 33.0.